The molecule has 7 heteroatoms. The van der Waals surface area contributed by atoms with Crippen LogP contribution in [0.3, 0.4) is 0 Å². The van der Waals surface area contributed by atoms with E-state index in [4.69, 9.17) is 17.5 Å². The third-order valence-corrected chi connectivity index (χ3v) is 12.2. The van der Waals surface area contributed by atoms with Crippen LogP contribution >= 0.6 is 15.8 Å². The van der Waals surface area contributed by atoms with Crippen LogP contribution in [0.5, 0.6) is 0 Å². The Morgan fingerprint density at radius 1 is 0.360 bits per heavy atom. The molecule has 6 aromatic rings. The first kappa shape index (κ1) is 40.5. The summed E-state index contributed by atoms with van der Waals surface area (Å²) in [5, 5.41) is 8.39. The lowest BCUT2D eigenvalue weighted by Crippen LogP contribution is -2.20. The lowest BCUT2D eigenvalue weighted by Gasteiger charge is -2.18. The highest BCUT2D eigenvalue weighted by Gasteiger charge is 2.16. The standard InChI is InChI=1S/2C18H15P.C7H16.H2O4S/c2*1-4-10-16(11-5-1)19(17-12-6-2-7-13-17)18-14-8-3-9-15-18;1-3-5-7-6-4-2;1-5(2,3)4/h2*1-15H;3-7H2,1-2H3;(H2,1,2,3,4). The zero-order chi connectivity index (χ0) is 35.9. The van der Waals surface area contributed by atoms with Crippen molar-refractivity contribution in [3.63, 3.8) is 0 Å². The van der Waals surface area contributed by atoms with Crippen molar-refractivity contribution in [2.75, 3.05) is 0 Å². The molecule has 0 unspecified atom stereocenters. The summed E-state index contributed by atoms with van der Waals surface area (Å²) in [6.45, 7) is 4.49. The van der Waals surface area contributed by atoms with Gasteiger partial charge < -0.3 is 0 Å². The average molecular weight is 723 g/mol. The Bertz CT molecular complexity index is 1490. The van der Waals surface area contributed by atoms with Crippen LogP contribution < -0.4 is 31.8 Å². The fourth-order valence-electron chi connectivity index (χ4n) is 5.03. The van der Waals surface area contributed by atoms with Crippen molar-refractivity contribution in [2.45, 2.75) is 46.0 Å². The smallest absolute Gasteiger partial charge is 0.264 e. The first-order chi connectivity index (χ1) is 24.3. The summed E-state index contributed by atoms with van der Waals surface area (Å²) >= 11 is 0. The van der Waals surface area contributed by atoms with Crippen molar-refractivity contribution in [3.05, 3.63) is 182 Å². The summed E-state index contributed by atoms with van der Waals surface area (Å²) in [6, 6.07) is 64.7. The molecule has 0 aliphatic carbocycles. The summed E-state index contributed by atoms with van der Waals surface area (Å²) in [5.74, 6) is 0. The van der Waals surface area contributed by atoms with Gasteiger partial charge in [-0.25, -0.2) is 0 Å². The Morgan fingerprint density at radius 3 is 0.660 bits per heavy atom. The van der Waals surface area contributed by atoms with E-state index in [2.05, 4.69) is 196 Å². The second-order valence-corrected chi connectivity index (χ2v) is 16.5. The minimum Gasteiger partial charge on any atom is -0.264 e. The molecule has 0 saturated heterocycles. The number of hydrogen-bond donors (Lipinski definition) is 2. The Labute approximate surface area is 302 Å². The Morgan fingerprint density at radius 2 is 0.520 bits per heavy atom. The molecular formula is C43H48O4P2S. The monoisotopic (exact) mass is 722 g/mol. The summed E-state index contributed by atoms with van der Waals surface area (Å²) in [5.41, 5.74) is 0. The predicted octanol–water partition coefficient (Wildman–Crippen LogP) is 9.21. The molecule has 50 heavy (non-hydrogen) atoms. The highest BCUT2D eigenvalue weighted by Crippen LogP contribution is 2.33. The van der Waals surface area contributed by atoms with Crippen molar-refractivity contribution in [3.8, 4) is 0 Å². The second-order valence-electron chi connectivity index (χ2n) is 11.2. The molecule has 0 aliphatic heterocycles. The Balaban J connectivity index is 0.000000206. The van der Waals surface area contributed by atoms with Gasteiger partial charge in [0.15, 0.2) is 0 Å². The number of rotatable bonds is 10. The summed E-state index contributed by atoms with van der Waals surface area (Å²) in [4.78, 5) is 0. The molecular weight excluding hydrogens is 674 g/mol. The number of hydrogen-bond acceptors (Lipinski definition) is 2. The number of unbranched alkanes of at least 4 members (excludes halogenated alkanes) is 4. The van der Waals surface area contributed by atoms with Gasteiger partial charge in [-0.1, -0.05) is 228 Å². The highest BCUT2D eigenvalue weighted by molar-refractivity contribution is 7.80. The van der Waals surface area contributed by atoms with Gasteiger partial charge in [-0.3, -0.25) is 9.11 Å². The van der Waals surface area contributed by atoms with Crippen LogP contribution in [0.15, 0.2) is 182 Å². The fraction of sp³-hybridized carbons (Fsp3) is 0.163. The molecule has 4 nitrogen and oxygen atoms in total. The Hall–Kier alpha value is -3.95. The van der Waals surface area contributed by atoms with Crippen molar-refractivity contribution in [2.24, 2.45) is 0 Å². The lowest BCUT2D eigenvalue weighted by atomic mass is 10.2. The van der Waals surface area contributed by atoms with Crippen molar-refractivity contribution in [1.29, 1.82) is 0 Å². The molecule has 260 valence electrons. The molecule has 0 saturated carbocycles. The molecule has 6 aromatic carbocycles. The van der Waals surface area contributed by atoms with Crippen LogP contribution in [0.4, 0.5) is 0 Å². The van der Waals surface area contributed by atoms with Crippen LogP contribution in [-0.2, 0) is 10.4 Å². The van der Waals surface area contributed by atoms with E-state index in [1.807, 2.05) is 0 Å². The largest absolute Gasteiger partial charge is 0.394 e. The van der Waals surface area contributed by atoms with E-state index in [0.29, 0.717) is 0 Å². The van der Waals surface area contributed by atoms with Crippen molar-refractivity contribution < 1.29 is 17.5 Å². The maximum atomic E-state index is 8.74. The lowest BCUT2D eigenvalue weighted by molar-refractivity contribution is 0.381. The molecule has 0 spiro atoms. The molecule has 0 aliphatic rings. The van der Waals surface area contributed by atoms with Gasteiger partial charge >= 0.3 is 10.4 Å². The van der Waals surface area contributed by atoms with E-state index in [1.165, 1.54) is 63.9 Å². The van der Waals surface area contributed by atoms with Gasteiger partial charge in [-0.15, -0.1) is 0 Å². The van der Waals surface area contributed by atoms with E-state index < -0.39 is 26.2 Å². The molecule has 0 radical (unpaired) electrons. The summed E-state index contributed by atoms with van der Waals surface area (Å²) in [6.07, 6.45) is 7.01. The van der Waals surface area contributed by atoms with E-state index in [1.54, 1.807) is 0 Å². The maximum absolute atomic E-state index is 8.74. The van der Waals surface area contributed by atoms with Gasteiger partial charge in [0, 0.05) is 0 Å². The third kappa shape index (κ3) is 15.7. The fourth-order valence-corrected chi connectivity index (χ4v) is 9.64. The van der Waals surface area contributed by atoms with Gasteiger partial charge in [-0.2, -0.15) is 8.42 Å². The third-order valence-electron chi connectivity index (χ3n) is 7.29. The predicted molar refractivity (Wildman–Crippen MR) is 219 cm³/mol. The molecule has 0 heterocycles. The van der Waals surface area contributed by atoms with Crippen molar-refractivity contribution in [1.82, 2.24) is 0 Å². The SMILES string of the molecule is CCCCCCC.O=S(=O)(O)O.c1ccc(P(c2ccccc2)c2ccccc2)cc1.c1ccc(P(c2ccccc2)c2ccccc2)cc1. The van der Waals surface area contributed by atoms with E-state index in [9.17, 15) is 0 Å². The van der Waals surface area contributed by atoms with Gasteiger partial charge in [0.2, 0.25) is 0 Å². The van der Waals surface area contributed by atoms with Crippen LogP contribution in [0, 0.1) is 0 Å². The zero-order valence-corrected chi connectivity index (χ0v) is 31.5. The quantitative estimate of drug-likeness (QED) is 0.0841. The normalized spacial score (nSPS) is 10.5. The topological polar surface area (TPSA) is 74.6 Å². The highest BCUT2D eigenvalue weighted by atomic mass is 32.3. The van der Waals surface area contributed by atoms with E-state index in [-0.39, 0.29) is 0 Å². The van der Waals surface area contributed by atoms with Crippen LogP contribution in [0.2, 0.25) is 0 Å². The van der Waals surface area contributed by atoms with Crippen LogP contribution in [-0.4, -0.2) is 17.5 Å². The minimum absolute atomic E-state index is 0.446. The summed E-state index contributed by atoms with van der Waals surface area (Å²) < 4.78 is 31.6. The zero-order valence-electron chi connectivity index (χ0n) is 28.9. The van der Waals surface area contributed by atoms with Gasteiger partial charge in [0.05, 0.1) is 0 Å². The molecule has 0 fully saturated rings. The molecule has 0 atom stereocenters. The second kappa shape index (κ2) is 23.5. The van der Waals surface area contributed by atoms with E-state index >= 15 is 0 Å². The van der Waals surface area contributed by atoms with Gasteiger partial charge in [-0.05, 0) is 47.7 Å². The minimum atomic E-state index is -4.67. The van der Waals surface area contributed by atoms with Gasteiger partial charge in [0.1, 0.15) is 0 Å². The first-order valence-electron chi connectivity index (χ1n) is 16.9. The van der Waals surface area contributed by atoms with Gasteiger partial charge in [0.25, 0.3) is 0 Å². The Kier molecular flexibility index (Phi) is 19.0. The molecule has 0 amide bonds. The first-order valence-corrected chi connectivity index (χ1v) is 21.0. The molecule has 6 rings (SSSR count). The molecule has 2 N–H and O–H groups in total. The van der Waals surface area contributed by atoms with Crippen LogP contribution in [0.25, 0.3) is 0 Å². The van der Waals surface area contributed by atoms with Crippen molar-refractivity contribution >= 4 is 58.1 Å². The summed E-state index contributed by atoms with van der Waals surface area (Å²) in [7, 11) is -5.56. The van der Waals surface area contributed by atoms with E-state index in [0.717, 1.165) is 0 Å². The average Bonchev–Trinajstić information content (AvgIpc) is 3.15. The number of benzene rings is 6. The van der Waals surface area contributed by atoms with Crippen LogP contribution in [0.1, 0.15) is 46.0 Å². The molecule has 0 aromatic heterocycles. The molecule has 0 bridgehead atoms. The maximum Gasteiger partial charge on any atom is 0.394 e.